The Hall–Kier alpha value is -6.86. The minimum absolute atomic E-state index is 0.0665. The Labute approximate surface area is 402 Å². The normalized spacial score (nSPS) is 15.0. The van der Waals surface area contributed by atoms with Crippen LogP contribution in [0.3, 0.4) is 0 Å². The molecule has 68 heavy (non-hydrogen) atoms. The molecule has 14 heteroatoms. The zero-order valence-electron chi connectivity index (χ0n) is 39.4. The molecule has 356 valence electrons. The number of fused-ring (bicyclic) bond motifs is 6. The van der Waals surface area contributed by atoms with Crippen LogP contribution in [0.15, 0.2) is 109 Å². The zero-order chi connectivity index (χ0) is 48.5. The first kappa shape index (κ1) is 49.1. The van der Waals surface area contributed by atoms with E-state index < -0.39 is 41.7 Å². The van der Waals surface area contributed by atoms with Crippen LogP contribution >= 0.6 is 11.6 Å². The molecule has 1 aliphatic carbocycles. The molecule has 0 fully saturated rings. The molecule has 1 heterocycles. The number of methoxy groups -OCH3 is 1. The van der Waals surface area contributed by atoms with Gasteiger partial charge in [0, 0.05) is 42.3 Å². The topological polar surface area (TPSA) is 164 Å². The third kappa shape index (κ3) is 11.6. The van der Waals surface area contributed by atoms with E-state index in [0.717, 1.165) is 44.2 Å². The van der Waals surface area contributed by atoms with Gasteiger partial charge in [-0.15, -0.1) is 11.6 Å². The molecule has 5 amide bonds. The number of hydrogen-bond donors (Lipinski definition) is 4. The summed E-state index contributed by atoms with van der Waals surface area (Å²) in [5, 5.41) is 13.1. The Kier molecular flexibility index (Phi) is 15.8. The van der Waals surface area contributed by atoms with Crippen molar-refractivity contribution in [2.45, 2.75) is 83.4 Å². The SMILES string of the molecule is COc1ccc(/C=C/C(=O)N2CC(CCl)c3c2cc(NC(=O)[C@H](CCCCNC(=O)OC(C)(C)C)NC(=O)[C@@H](NC(=O)OCC2c4ccccc4-c4ccccc42)C(C)C)c2ccccc32)cc1. The van der Waals surface area contributed by atoms with E-state index in [-0.39, 0.29) is 49.1 Å². The fourth-order valence-corrected chi connectivity index (χ4v) is 9.14. The molecule has 0 bridgehead atoms. The van der Waals surface area contributed by atoms with E-state index in [2.05, 4.69) is 33.4 Å². The highest BCUT2D eigenvalue weighted by Gasteiger charge is 2.36. The highest BCUT2D eigenvalue weighted by atomic mass is 35.5. The fourth-order valence-electron chi connectivity index (χ4n) is 8.89. The first-order valence-electron chi connectivity index (χ1n) is 23.1. The highest BCUT2D eigenvalue weighted by molar-refractivity contribution is 6.19. The van der Waals surface area contributed by atoms with Gasteiger partial charge in [0.15, 0.2) is 0 Å². The number of amides is 5. The lowest BCUT2D eigenvalue weighted by Gasteiger charge is -2.26. The van der Waals surface area contributed by atoms with Gasteiger partial charge in [0.05, 0.1) is 18.5 Å². The number of hydrogen-bond acceptors (Lipinski definition) is 8. The summed E-state index contributed by atoms with van der Waals surface area (Å²) >= 11 is 6.56. The second-order valence-corrected chi connectivity index (χ2v) is 18.8. The standard InChI is InChI=1S/C54H60ClN5O8/c1-33(2)49(59-53(65)67-32-43-39-17-9-7-15-37(39)38-16-8-10-18-40(38)43)51(63)57-44(21-13-14-28-56-52(64)68-54(3,4)5)50(62)58-45-29-46-48(42-20-12-11-19-41(42)45)35(30-55)31-60(46)47(61)27-24-34-22-25-36(66-6)26-23-34/h7-12,15-20,22-27,29,33,35,43-44,49H,13-14,21,28,30-32H2,1-6H3,(H,56,64)(H,57,63)(H,58,62)(H,59,65)/b27-24+/t35?,44-,49-/m0/s1. The van der Waals surface area contributed by atoms with Crippen LogP contribution in [0.2, 0.25) is 0 Å². The molecule has 0 saturated heterocycles. The predicted molar refractivity (Wildman–Crippen MR) is 267 cm³/mol. The maximum Gasteiger partial charge on any atom is 0.407 e. The molecular formula is C54H60ClN5O8. The van der Waals surface area contributed by atoms with Crippen LogP contribution in [-0.2, 0) is 23.9 Å². The number of nitrogens with zero attached hydrogens (tertiary/aromatic N) is 1. The Bertz CT molecular complexity index is 2630. The number of ether oxygens (including phenoxy) is 3. The Morgan fingerprint density at radius 1 is 0.809 bits per heavy atom. The van der Waals surface area contributed by atoms with Crippen LogP contribution in [0.5, 0.6) is 5.75 Å². The van der Waals surface area contributed by atoms with Crippen molar-refractivity contribution in [1.29, 1.82) is 0 Å². The molecule has 0 spiro atoms. The van der Waals surface area contributed by atoms with Crippen molar-refractivity contribution >= 4 is 69.7 Å². The van der Waals surface area contributed by atoms with Gasteiger partial charge in [0.2, 0.25) is 11.8 Å². The molecule has 0 aromatic heterocycles. The molecule has 0 saturated carbocycles. The molecule has 3 atom stereocenters. The number of nitrogens with one attached hydrogen (secondary N) is 4. The Balaban J connectivity index is 1.10. The lowest BCUT2D eigenvalue weighted by atomic mass is 9.94. The third-order valence-electron chi connectivity index (χ3n) is 12.2. The third-order valence-corrected chi connectivity index (χ3v) is 12.6. The molecular weight excluding hydrogens is 882 g/mol. The summed E-state index contributed by atoms with van der Waals surface area (Å²) < 4.78 is 16.4. The average Bonchev–Trinajstić information content (AvgIpc) is 3.86. The predicted octanol–water partition coefficient (Wildman–Crippen LogP) is 9.91. The van der Waals surface area contributed by atoms with Crippen LogP contribution in [0.1, 0.15) is 88.0 Å². The summed E-state index contributed by atoms with van der Waals surface area (Å²) in [7, 11) is 1.59. The van der Waals surface area contributed by atoms with Gasteiger partial charge in [-0.2, -0.15) is 0 Å². The van der Waals surface area contributed by atoms with Gasteiger partial charge in [-0.25, -0.2) is 9.59 Å². The highest BCUT2D eigenvalue weighted by Crippen LogP contribution is 2.46. The molecule has 1 unspecified atom stereocenters. The van der Waals surface area contributed by atoms with Crippen molar-refractivity contribution in [2.24, 2.45) is 5.92 Å². The molecule has 5 aromatic carbocycles. The van der Waals surface area contributed by atoms with Crippen LogP contribution in [-0.4, -0.2) is 80.3 Å². The van der Waals surface area contributed by atoms with E-state index in [1.165, 1.54) is 6.08 Å². The monoisotopic (exact) mass is 941 g/mol. The molecule has 7 rings (SSSR count). The zero-order valence-corrected chi connectivity index (χ0v) is 40.2. The van der Waals surface area contributed by atoms with Gasteiger partial charge in [0.1, 0.15) is 30.0 Å². The van der Waals surface area contributed by atoms with E-state index in [0.29, 0.717) is 36.5 Å². The van der Waals surface area contributed by atoms with Crippen LogP contribution in [0.4, 0.5) is 21.0 Å². The summed E-state index contributed by atoms with van der Waals surface area (Å²) in [6.07, 6.45) is 3.05. The first-order valence-corrected chi connectivity index (χ1v) is 23.6. The summed E-state index contributed by atoms with van der Waals surface area (Å²) in [5.74, 6) is -1.07. The maximum absolute atomic E-state index is 14.6. The number of halogens is 1. The minimum atomic E-state index is -1.07. The molecule has 13 nitrogen and oxygen atoms in total. The number of rotatable bonds is 17. The lowest BCUT2D eigenvalue weighted by Crippen LogP contribution is -2.54. The first-order chi connectivity index (χ1) is 32.6. The number of alkyl carbamates (subject to hydrolysis) is 2. The minimum Gasteiger partial charge on any atom is -0.497 e. The van der Waals surface area contributed by atoms with E-state index in [1.807, 2.05) is 84.9 Å². The number of unbranched alkanes of at least 4 members (excludes halogenated alkanes) is 1. The number of benzene rings is 5. The van der Waals surface area contributed by atoms with E-state index >= 15 is 0 Å². The van der Waals surface area contributed by atoms with E-state index in [9.17, 15) is 24.0 Å². The molecule has 4 N–H and O–H groups in total. The average molecular weight is 943 g/mol. The fraction of sp³-hybridized carbons (Fsp3) is 0.352. The molecule has 5 aromatic rings. The maximum atomic E-state index is 14.6. The van der Waals surface area contributed by atoms with Gasteiger partial charge >= 0.3 is 12.2 Å². The summed E-state index contributed by atoms with van der Waals surface area (Å²) in [5.41, 5.74) is 6.44. The van der Waals surface area contributed by atoms with E-state index in [1.54, 1.807) is 58.8 Å². The van der Waals surface area contributed by atoms with Crippen molar-refractivity contribution in [2.75, 3.05) is 42.9 Å². The quantitative estimate of drug-likeness (QED) is 0.0407. The van der Waals surface area contributed by atoms with Crippen LogP contribution in [0, 0.1) is 5.92 Å². The van der Waals surface area contributed by atoms with Crippen molar-refractivity contribution in [3.8, 4) is 16.9 Å². The number of anilines is 2. The van der Waals surface area contributed by atoms with Crippen molar-refractivity contribution in [1.82, 2.24) is 16.0 Å². The van der Waals surface area contributed by atoms with Gasteiger partial charge in [-0.3, -0.25) is 14.4 Å². The van der Waals surface area contributed by atoms with E-state index in [4.69, 9.17) is 25.8 Å². The smallest absolute Gasteiger partial charge is 0.407 e. The lowest BCUT2D eigenvalue weighted by molar-refractivity contribution is -0.128. The second-order valence-electron chi connectivity index (χ2n) is 18.5. The van der Waals surface area contributed by atoms with Gasteiger partial charge in [0.25, 0.3) is 5.91 Å². The van der Waals surface area contributed by atoms with Crippen molar-refractivity contribution in [3.05, 3.63) is 131 Å². The summed E-state index contributed by atoms with van der Waals surface area (Å²) in [4.78, 5) is 70.2. The van der Waals surface area contributed by atoms with Crippen LogP contribution in [0.25, 0.3) is 28.0 Å². The molecule has 1 aliphatic heterocycles. The molecule has 0 radical (unpaired) electrons. The number of carbonyl (C=O) groups excluding carboxylic acids is 5. The summed E-state index contributed by atoms with van der Waals surface area (Å²) in [6, 6.07) is 30.7. The number of alkyl halides is 1. The van der Waals surface area contributed by atoms with Gasteiger partial charge in [-0.1, -0.05) is 98.8 Å². The largest absolute Gasteiger partial charge is 0.497 e. The Morgan fingerprint density at radius 3 is 2.09 bits per heavy atom. The van der Waals surface area contributed by atoms with Gasteiger partial charge in [-0.05, 0) is 109 Å². The second kappa shape index (κ2) is 21.8. The van der Waals surface area contributed by atoms with Gasteiger partial charge < -0.3 is 40.4 Å². The van der Waals surface area contributed by atoms with Crippen LogP contribution < -0.4 is 30.9 Å². The van der Waals surface area contributed by atoms with Crippen molar-refractivity contribution < 1.29 is 38.2 Å². The Morgan fingerprint density at radius 2 is 1.46 bits per heavy atom. The van der Waals surface area contributed by atoms with Crippen molar-refractivity contribution in [3.63, 3.8) is 0 Å². The molecule has 2 aliphatic rings. The number of carbonyl (C=O) groups is 5. The summed E-state index contributed by atoms with van der Waals surface area (Å²) in [6.45, 7) is 9.63.